The number of halogens is 2. The molecule has 0 amide bonds. The molecular weight excluding hydrogens is 309 g/mol. The molecule has 0 saturated carbocycles. The maximum atomic E-state index is 12.0. The first-order valence-electron chi connectivity index (χ1n) is 5.48. The standard InChI is InChI=1S/C12H11Cl2NO3S/c1-2-15-19(16,17)12-9(5-6-18-12)10-7-8(13)3-4-11(10)14/h3-7,15H,2H2,1H3. The summed E-state index contributed by atoms with van der Waals surface area (Å²) in [5.41, 5.74) is 0.896. The molecule has 2 rings (SSSR count). The Bertz CT molecular complexity index is 695. The zero-order valence-corrected chi connectivity index (χ0v) is 12.3. The molecule has 1 heterocycles. The second-order valence-electron chi connectivity index (χ2n) is 3.75. The molecule has 1 aromatic carbocycles. The molecule has 102 valence electrons. The first-order chi connectivity index (χ1) is 8.95. The number of hydrogen-bond acceptors (Lipinski definition) is 3. The Morgan fingerprint density at radius 3 is 2.63 bits per heavy atom. The van der Waals surface area contributed by atoms with Crippen LogP contribution in [-0.4, -0.2) is 15.0 Å². The Kier molecular flexibility index (Phi) is 4.20. The van der Waals surface area contributed by atoms with Gasteiger partial charge >= 0.3 is 0 Å². The van der Waals surface area contributed by atoms with Gasteiger partial charge in [0.25, 0.3) is 10.0 Å². The molecule has 0 aliphatic heterocycles. The number of sulfonamides is 1. The fraction of sp³-hybridized carbons (Fsp3) is 0.167. The highest BCUT2D eigenvalue weighted by Gasteiger charge is 2.23. The van der Waals surface area contributed by atoms with E-state index in [2.05, 4.69) is 4.72 Å². The fourth-order valence-corrected chi connectivity index (χ4v) is 3.22. The van der Waals surface area contributed by atoms with Crippen LogP contribution in [-0.2, 0) is 10.0 Å². The predicted octanol–water partition coefficient (Wildman–Crippen LogP) is 3.55. The molecule has 0 atom stereocenters. The van der Waals surface area contributed by atoms with Gasteiger partial charge in [-0.05, 0) is 24.3 Å². The third-order valence-corrected chi connectivity index (χ3v) is 4.46. The van der Waals surface area contributed by atoms with Crippen LogP contribution in [0.5, 0.6) is 0 Å². The first kappa shape index (κ1) is 14.4. The van der Waals surface area contributed by atoms with Gasteiger partial charge in [-0.25, -0.2) is 13.1 Å². The van der Waals surface area contributed by atoms with Crippen LogP contribution in [0.2, 0.25) is 10.0 Å². The van der Waals surface area contributed by atoms with Gasteiger partial charge in [0.05, 0.1) is 6.26 Å². The van der Waals surface area contributed by atoms with Crippen molar-refractivity contribution in [2.75, 3.05) is 6.54 Å². The molecule has 4 nitrogen and oxygen atoms in total. The summed E-state index contributed by atoms with van der Waals surface area (Å²) in [7, 11) is -3.69. The number of rotatable bonds is 4. The number of furan rings is 1. The molecule has 0 spiro atoms. The number of benzene rings is 1. The molecule has 0 fully saturated rings. The molecule has 0 aliphatic rings. The average molecular weight is 320 g/mol. The van der Waals surface area contributed by atoms with Crippen molar-refractivity contribution in [1.29, 1.82) is 0 Å². The van der Waals surface area contributed by atoms with E-state index in [0.717, 1.165) is 0 Å². The van der Waals surface area contributed by atoms with E-state index < -0.39 is 10.0 Å². The van der Waals surface area contributed by atoms with Crippen molar-refractivity contribution in [3.8, 4) is 11.1 Å². The summed E-state index contributed by atoms with van der Waals surface area (Å²) < 4.78 is 31.5. The molecule has 1 aromatic heterocycles. The quantitative estimate of drug-likeness (QED) is 0.937. The van der Waals surface area contributed by atoms with Gasteiger partial charge in [0, 0.05) is 27.7 Å². The Morgan fingerprint density at radius 1 is 1.21 bits per heavy atom. The Morgan fingerprint density at radius 2 is 1.95 bits per heavy atom. The van der Waals surface area contributed by atoms with E-state index in [4.69, 9.17) is 27.6 Å². The summed E-state index contributed by atoms with van der Waals surface area (Å²) >= 11 is 12.0. The van der Waals surface area contributed by atoms with Crippen molar-refractivity contribution in [2.45, 2.75) is 12.0 Å². The van der Waals surface area contributed by atoms with Crippen molar-refractivity contribution in [3.63, 3.8) is 0 Å². The Labute approximate surface area is 121 Å². The number of hydrogen-bond donors (Lipinski definition) is 1. The van der Waals surface area contributed by atoms with E-state index in [9.17, 15) is 8.42 Å². The number of nitrogens with one attached hydrogen (secondary N) is 1. The monoisotopic (exact) mass is 319 g/mol. The minimum atomic E-state index is -3.69. The second kappa shape index (κ2) is 5.54. The third kappa shape index (κ3) is 2.95. The zero-order chi connectivity index (χ0) is 14.0. The van der Waals surface area contributed by atoms with Crippen molar-refractivity contribution >= 4 is 33.2 Å². The molecule has 0 radical (unpaired) electrons. The van der Waals surface area contributed by atoms with Crippen molar-refractivity contribution < 1.29 is 12.8 Å². The minimum Gasteiger partial charge on any atom is -0.451 e. The average Bonchev–Trinajstić information content (AvgIpc) is 2.82. The summed E-state index contributed by atoms with van der Waals surface area (Å²) in [6.45, 7) is 1.96. The molecule has 0 unspecified atom stereocenters. The van der Waals surface area contributed by atoms with Gasteiger partial charge in [-0.2, -0.15) is 0 Å². The van der Waals surface area contributed by atoms with Gasteiger partial charge in [-0.1, -0.05) is 30.1 Å². The van der Waals surface area contributed by atoms with Gasteiger partial charge in [0.1, 0.15) is 0 Å². The topological polar surface area (TPSA) is 59.3 Å². The van der Waals surface area contributed by atoms with Gasteiger partial charge in [-0.3, -0.25) is 0 Å². The van der Waals surface area contributed by atoms with Crippen LogP contribution >= 0.6 is 23.2 Å². The van der Waals surface area contributed by atoms with Crippen LogP contribution in [0.1, 0.15) is 6.92 Å². The summed E-state index contributed by atoms with van der Waals surface area (Å²) in [4.78, 5) is 0. The van der Waals surface area contributed by atoms with E-state index in [1.54, 1.807) is 31.2 Å². The van der Waals surface area contributed by atoms with Crippen molar-refractivity contribution in [3.05, 3.63) is 40.6 Å². The van der Waals surface area contributed by atoms with Crippen LogP contribution in [0.4, 0.5) is 0 Å². The Balaban J connectivity index is 2.60. The van der Waals surface area contributed by atoms with E-state index in [1.807, 2.05) is 0 Å². The molecule has 7 heteroatoms. The van der Waals surface area contributed by atoms with E-state index in [-0.39, 0.29) is 11.6 Å². The van der Waals surface area contributed by atoms with Gasteiger partial charge in [-0.15, -0.1) is 0 Å². The zero-order valence-electron chi connectivity index (χ0n) is 9.98. The molecule has 0 aliphatic carbocycles. The van der Waals surface area contributed by atoms with Gasteiger partial charge in [0.15, 0.2) is 0 Å². The van der Waals surface area contributed by atoms with E-state index in [1.165, 1.54) is 6.26 Å². The van der Waals surface area contributed by atoms with E-state index >= 15 is 0 Å². The third-order valence-electron chi connectivity index (χ3n) is 2.43. The molecule has 2 aromatic rings. The smallest absolute Gasteiger partial charge is 0.274 e. The van der Waals surface area contributed by atoms with Crippen molar-refractivity contribution in [1.82, 2.24) is 4.72 Å². The molecule has 0 bridgehead atoms. The van der Waals surface area contributed by atoms with Crippen LogP contribution < -0.4 is 4.72 Å². The van der Waals surface area contributed by atoms with Crippen LogP contribution in [0.25, 0.3) is 11.1 Å². The minimum absolute atomic E-state index is 0.168. The lowest BCUT2D eigenvalue weighted by molar-refractivity contribution is 0.448. The Hall–Kier alpha value is -1.01. The summed E-state index contributed by atoms with van der Waals surface area (Å²) in [5.74, 6) is 0. The maximum Gasteiger partial charge on any atom is 0.274 e. The summed E-state index contributed by atoms with van der Waals surface area (Å²) in [6.07, 6.45) is 1.30. The van der Waals surface area contributed by atoms with Crippen molar-refractivity contribution in [2.24, 2.45) is 0 Å². The fourth-order valence-electron chi connectivity index (χ4n) is 1.66. The highest BCUT2D eigenvalue weighted by molar-refractivity contribution is 7.89. The summed E-state index contributed by atoms with van der Waals surface area (Å²) in [5, 5.41) is 0.699. The molecule has 1 N–H and O–H groups in total. The second-order valence-corrected chi connectivity index (χ2v) is 6.26. The maximum absolute atomic E-state index is 12.0. The lowest BCUT2D eigenvalue weighted by Gasteiger charge is -2.06. The highest BCUT2D eigenvalue weighted by atomic mass is 35.5. The van der Waals surface area contributed by atoms with E-state index in [0.29, 0.717) is 21.2 Å². The predicted molar refractivity (Wildman–Crippen MR) is 75.0 cm³/mol. The first-order valence-corrected chi connectivity index (χ1v) is 7.72. The largest absolute Gasteiger partial charge is 0.451 e. The normalized spacial score (nSPS) is 11.7. The SMILES string of the molecule is CCNS(=O)(=O)c1occc1-c1cc(Cl)ccc1Cl. The summed E-state index contributed by atoms with van der Waals surface area (Å²) in [6, 6.07) is 6.38. The highest BCUT2D eigenvalue weighted by Crippen LogP contribution is 2.35. The van der Waals surface area contributed by atoms with Gasteiger partial charge < -0.3 is 4.42 Å². The lowest BCUT2D eigenvalue weighted by Crippen LogP contribution is -2.23. The lowest BCUT2D eigenvalue weighted by atomic mass is 10.1. The van der Waals surface area contributed by atoms with Crippen LogP contribution in [0, 0.1) is 0 Å². The molecular formula is C12H11Cl2NO3S. The van der Waals surface area contributed by atoms with Gasteiger partial charge in [0.2, 0.25) is 5.09 Å². The van der Waals surface area contributed by atoms with Crippen LogP contribution in [0.3, 0.4) is 0 Å². The molecule has 0 saturated heterocycles. The molecule has 19 heavy (non-hydrogen) atoms. The van der Waals surface area contributed by atoms with Crippen LogP contribution in [0.15, 0.2) is 40.0 Å².